The largest absolute Gasteiger partial charge is 0.289 e. The summed E-state index contributed by atoms with van der Waals surface area (Å²) in [7, 11) is 1.61. The van der Waals surface area contributed by atoms with Gasteiger partial charge in [0.05, 0.1) is 29.8 Å². The van der Waals surface area contributed by atoms with E-state index in [0.717, 1.165) is 5.56 Å². The molecular weight excluding hydrogens is 364 g/mol. The summed E-state index contributed by atoms with van der Waals surface area (Å²) >= 11 is 5.87. The average molecular weight is 379 g/mol. The van der Waals surface area contributed by atoms with Crippen LogP contribution < -0.4 is 5.56 Å². The van der Waals surface area contributed by atoms with Crippen LogP contribution in [0.25, 0.3) is 10.9 Å². The number of nitrogens with zero attached hydrogens (tertiary/aromatic N) is 4. The Bertz CT molecular complexity index is 1190. The van der Waals surface area contributed by atoms with Crippen molar-refractivity contribution in [2.75, 3.05) is 0 Å². The van der Waals surface area contributed by atoms with E-state index in [1.54, 1.807) is 60.5 Å². The number of ketones is 1. The zero-order valence-electron chi connectivity index (χ0n) is 14.5. The predicted octanol–water partition coefficient (Wildman–Crippen LogP) is 3.06. The summed E-state index contributed by atoms with van der Waals surface area (Å²) in [5.74, 6) is -0.0598. The lowest BCUT2D eigenvalue weighted by atomic mass is 10.0. The molecular formula is C20H15ClN4O2. The van der Waals surface area contributed by atoms with Crippen molar-refractivity contribution in [2.45, 2.75) is 6.54 Å². The molecule has 7 heteroatoms. The molecule has 134 valence electrons. The first kappa shape index (κ1) is 17.2. The lowest BCUT2D eigenvalue weighted by molar-refractivity contribution is 0.103. The number of hydrogen-bond donors (Lipinski definition) is 0. The summed E-state index contributed by atoms with van der Waals surface area (Å²) in [6.07, 6.45) is 3.18. The molecule has 0 atom stereocenters. The molecule has 0 amide bonds. The van der Waals surface area contributed by atoms with E-state index < -0.39 is 0 Å². The molecule has 4 aromatic rings. The minimum absolute atomic E-state index is 0.0598. The summed E-state index contributed by atoms with van der Waals surface area (Å²) in [5.41, 5.74) is 2.66. The molecule has 4 rings (SSSR count). The topological polar surface area (TPSA) is 69.8 Å². The number of halogens is 1. The van der Waals surface area contributed by atoms with Crippen molar-refractivity contribution in [3.05, 3.63) is 93.0 Å². The van der Waals surface area contributed by atoms with Crippen LogP contribution in [-0.4, -0.2) is 25.3 Å². The van der Waals surface area contributed by atoms with Crippen LogP contribution >= 0.6 is 11.6 Å². The Morgan fingerprint density at radius 1 is 0.963 bits per heavy atom. The highest BCUT2D eigenvalue weighted by Gasteiger charge is 2.11. The number of benzene rings is 2. The van der Waals surface area contributed by atoms with Crippen molar-refractivity contribution in [3.63, 3.8) is 0 Å². The lowest BCUT2D eigenvalue weighted by Crippen LogP contribution is -2.18. The van der Waals surface area contributed by atoms with Crippen LogP contribution in [-0.2, 0) is 13.6 Å². The van der Waals surface area contributed by atoms with Gasteiger partial charge in [0.2, 0.25) is 0 Å². The number of aryl methyl sites for hydroxylation is 1. The molecule has 0 saturated carbocycles. The Morgan fingerprint density at radius 3 is 2.26 bits per heavy atom. The number of carbonyl (C=O) groups is 1. The maximum atomic E-state index is 12.5. The molecule has 0 radical (unpaired) electrons. The summed E-state index contributed by atoms with van der Waals surface area (Å²) in [6, 6.07) is 14.2. The summed E-state index contributed by atoms with van der Waals surface area (Å²) in [5, 5.41) is 9.46. The molecule has 6 nitrogen and oxygen atoms in total. The van der Waals surface area contributed by atoms with E-state index in [0.29, 0.717) is 33.6 Å². The number of aromatic nitrogens is 4. The predicted molar refractivity (Wildman–Crippen MR) is 103 cm³/mol. The van der Waals surface area contributed by atoms with Crippen LogP contribution in [0.4, 0.5) is 0 Å². The average Bonchev–Trinajstić information content (AvgIpc) is 3.09. The van der Waals surface area contributed by atoms with Gasteiger partial charge in [-0.05, 0) is 29.8 Å². The van der Waals surface area contributed by atoms with Crippen LogP contribution in [0.1, 0.15) is 21.5 Å². The van der Waals surface area contributed by atoms with E-state index in [2.05, 4.69) is 10.2 Å². The standard InChI is InChI=1S/C20H15ClN4O2/c1-24-20(27)17-10-23-25(18(17)11-22-24)12-13-2-4-14(5-3-13)19(26)15-6-8-16(21)9-7-15/h2-11H,12H2,1H3. The van der Waals surface area contributed by atoms with E-state index >= 15 is 0 Å². The molecule has 0 aliphatic carbocycles. The van der Waals surface area contributed by atoms with Crippen LogP contribution in [0.3, 0.4) is 0 Å². The smallest absolute Gasteiger partial charge is 0.277 e. The van der Waals surface area contributed by atoms with Gasteiger partial charge in [-0.25, -0.2) is 4.68 Å². The fourth-order valence-electron chi connectivity index (χ4n) is 2.89. The molecule has 0 fully saturated rings. The number of fused-ring (bicyclic) bond motifs is 1. The highest BCUT2D eigenvalue weighted by Crippen LogP contribution is 2.16. The van der Waals surface area contributed by atoms with Crippen molar-refractivity contribution in [3.8, 4) is 0 Å². The van der Waals surface area contributed by atoms with Crippen molar-refractivity contribution in [2.24, 2.45) is 7.05 Å². The van der Waals surface area contributed by atoms with Gasteiger partial charge in [-0.3, -0.25) is 14.3 Å². The number of carbonyl (C=O) groups excluding carboxylic acids is 1. The Morgan fingerprint density at radius 2 is 1.59 bits per heavy atom. The maximum Gasteiger partial charge on any atom is 0.277 e. The number of rotatable bonds is 4. The van der Waals surface area contributed by atoms with Crippen LogP contribution in [0.2, 0.25) is 5.02 Å². The molecule has 2 heterocycles. The molecule has 0 unspecified atom stereocenters. The normalized spacial score (nSPS) is 11.0. The summed E-state index contributed by atoms with van der Waals surface area (Å²) in [6.45, 7) is 0.480. The molecule has 2 aromatic carbocycles. The van der Waals surface area contributed by atoms with E-state index in [1.807, 2.05) is 12.1 Å². The third-order valence-electron chi connectivity index (χ3n) is 4.41. The molecule has 0 spiro atoms. The number of hydrogen-bond acceptors (Lipinski definition) is 4. The molecule has 0 aliphatic rings. The van der Waals surface area contributed by atoms with Crippen LogP contribution in [0, 0.1) is 0 Å². The molecule has 27 heavy (non-hydrogen) atoms. The first-order valence-electron chi connectivity index (χ1n) is 8.30. The summed E-state index contributed by atoms with van der Waals surface area (Å²) < 4.78 is 3.01. The quantitative estimate of drug-likeness (QED) is 0.512. The van der Waals surface area contributed by atoms with Gasteiger partial charge in [0.25, 0.3) is 5.56 Å². The lowest BCUT2D eigenvalue weighted by Gasteiger charge is -2.06. The first-order chi connectivity index (χ1) is 13.0. The van der Waals surface area contributed by atoms with Crippen molar-refractivity contribution >= 4 is 28.3 Å². The third-order valence-corrected chi connectivity index (χ3v) is 4.66. The van der Waals surface area contributed by atoms with E-state index in [-0.39, 0.29) is 11.3 Å². The molecule has 0 bridgehead atoms. The van der Waals surface area contributed by atoms with Gasteiger partial charge in [-0.2, -0.15) is 10.2 Å². The molecule has 0 aliphatic heterocycles. The minimum atomic E-state index is -0.178. The van der Waals surface area contributed by atoms with Crippen molar-refractivity contribution < 1.29 is 4.79 Å². The minimum Gasteiger partial charge on any atom is -0.289 e. The Balaban J connectivity index is 1.58. The second-order valence-electron chi connectivity index (χ2n) is 6.21. The van der Waals surface area contributed by atoms with Gasteiger partial charge in [0, 0.05) is 23.2 Å². The Hall–Kier alpha value is -3.25. The second kappa shape index (κ2) is 6.81. The van der Waals surface area contributed by atoms with E-state index in [4.69, 9.17) is 11.6 Å². The van der Waals surface area contributed by atoms with Gasteiger partial charge in [0.1, 0.15) is 0 Å². The first-order valence-corrected chi connectivity index (χ1v) is 8.68. The summed E-state index contributed by atoms with van der Waals surface area (Å²) in [4.78, 5) is 24.6. The molecule has 0 N–H and O–H groups in total. The highest BCUT2D eigenvalue weighted by molar-refractivity contribution is 6.30. The Kier molecular flexibility index (Phi) is 4.33. The van der Waals surface area contributed by atoms with Gasteiger partial charge in [0.15, 0.2) is 5.78 Å². The van der Waals surface area contributed by atoms with Gasteiger partial charge < -0.3 is 0 Å². The fourth-order valence-corrected chi connectivity index (χ4v) is 3.02. The third kappa shape index (κ3) is 3.27. The second-order valence-corrected chi connectivity index (χ2v) is 6.64. The van der Waals surface area contributed by atoms with Crippen molar-refractivity contribution in [1.82, 2.24) is 19.6 Å². The molecule has 2 aromatic heterocycles. The van der Waals surface area contributed by atoms with Crippen molar-refractivity contribution in [1.29, 1.82) is 0 Å². The zero-order chi connectivity index (χ0) is 19.0. The van der Waals surface area contributed by atoms with E-state index in [9.17, 15) is 9.59 Å². The molecule has 0 saturated heterocycles. The van der Waals surface area contributed by atoms with Gasteiger partial charge in [-0.15, -0.1) is 0 Å². The highest BCUT2D eigenvalue weighted by atomic mass is 35.5. The van der Waals surface area contributed by atoms with Crippen LogP contribution in [0.15, 0.2) is 65.7 Å². The maximum absolute atomic E-state index is 12.5. The zero-order valence-corrected chi connectivity index (χ0v) is 15.2. The SMILES string of the molecule is Cn1ncc2c(cnn2Cc2ccc(C(=O)c3ccc(Cl)cc3)cc2)c1=O. The van der Waals surface area contributed by atoms with E-state index in [1.165, 1.54) is 4.68 Å². The fraction of sp³-hybridized carbons (Fsp3) is 0.100. The van der Waals surface area contributed by atoms with Crippen LogP contribution in [0.5, 0.6) is 0 Å². The Labute approximate surface area is 159 Å². The monoisotopic (exact) mass is 378 g/mol. The van der Waals surface area contributed by atoms with Gasteiger partial charge >= 0.3 is 0 Å². The van der Waals surface area contributed by atoms with Gasteiger partial charge in [-0.1, -0.05) is 35.9 Å².